The molecule has 2 rings (SSSR count). The Morgan fingerprint density at radius 3 is 2.56 bits per heavy atom. The molecule has 0 fully saturated rings. The summed E-state index contributed by atoms with van der Waals surface area (Å²) in [5, 5.41) is 7.28. The summed E-state index contributed by atoms with van der Waals surface area (Å²) in [6, 6.07) is 6.06. The van der Waals surface area contributed by atoms with Crippen LogP contribution in [0.15, 0.2) is 24.3 Å². The van der Waals surface area contributed by atoms with Gasteiger partial charge < -0.3 is 11.1 Å². The van der Waals surface area contributed by atoms with E-state index in [1.165, 1.54) is 16.8 Å². The normalized spacial score (nSPS) is 11.8. The molecule has 7 heteroatoms. The molecule has 0 aliphatic rings. The maximum Gasteiger partial charge on any atom is 0.291 e. The van der Waals surface area contributed by atoms with Crippen molar-refractivity contribution in [3.63, 3.8) is 0 Å². The summed E-state index contributed by atoms with van der Waals surface area (Å²) in [4.78, 5) is 17.0. The first-order chi connectivity index (χ1) is 11.9. The van der Waals surface area contributed by atoms with Crippen molar-refractivity contribution in [3.05, 3.63) is 41.7 Å². The van der Waals surface area contributed by atoms with Gasteiger partial charge in [0.05, 0.1) is 11.2 Å². The minimum Gasteiger partial charge on any atom is -0.343 e. The molecule has 0 spiro atoms. The van der Waals surface area contributed by atoms with Gasteiger partial charge in [-0.15, -0.1) is 5.10 Å². The van der Waals surface area contributed by atoms with Crippen molar-refractivity contribution >= 4 is 5.91 Å². The molecule has 1 heterocycles. The molecule has 0 atom stereocenters. The molecule has 6 nitrogen and oxygen atoms in total. The predicted molar refractivity (Wildman–Crippen MR) is 95.2 cm³/mol. The van der Waals surface area contributed by atoms with E-state index in [0.29, 0.717) is 30.9 Å². The molecule has 0 radical (unpaired) electrons. The highest BCUT2D eigenvalue weighted by molar-refractivity contribution is 5.91. The number of nitrogens with two attached hydrogens (primary N) is 1. The van der Waals surface area contributed by atoms with Gasteiger partial charge in [-0.25, -0.2) is 14.1 Å². The van der Waals surface area contributed by atoms with E-state index in [0.717, 1.165) is 0 Å². The topological polar surface area (TPSA) is 85.8 Å². The number of aromatic nitrogens is 3. The molecule has 136 valence electrons. The third-order valence-corrected chi connectivity index (χ3v) is 4.53. The zero-order valence-corrected chi connectivity index (χ0v) is 15.2. The highest BCUT2D eigenvalue weighted by atomic mass is 19.1. The van der Waals surface area contributed by atoms with Gasteiger partial charge in [0.1, 0.15) is 11.6 Å². The summed E-state index contributed by atoms with van der Waals surface area (Å²) in [6.45, 7) is 8.20. The number of carbonyl (C=O) groups is 1. The van der Waals surface area contributed by atoms with Crippen LogP contribution >= 0.6 is 0 Å². The Labute approximate surface area is 147 Å². The highest BCUT2D eigenvalue weighted by Crippen LogP contribution is 2.19. The number of nitrogens with zero attached hydrogens (tertiary/aromatic N) is 3. The van der Waals surface area contributed by atoms with E-state index in [1.54, 1.807) is 12.1 Å². The molecule has 0 saturated heterocycles. The Hall–Kier alpha value is -2.28. The van der Waals surface area contributed by atoms with Crippen molar-refractivity contribution in [2.75, 3.05) is 6.54 Å². The van der Waals surface area contributed by atoms with E-state index in [4.69, 9.17) is 5.73 Å². The number of carbonyl (C=O) groups excluding carboxylic acids is 1. The average Bonchev–Trinajstić information content (AvgIpc) is 3.05. The van der Waals surface area contributed by atoms with Gasteiger partial charge in [-0.05, 0) is 31.0 Å². The van der Waals surface area contributed by atoms with Crippen molar-refractivity contribution < 1.29 is 9.18 Å². The number of rotatable bonds is 7. The van der Waals surface area contributed by atoms with Crippen LogP contribution in [0.3, 0.4) is 0 Å². The fourth-order valence-corrected chi connectivity index (χ4v) is 2.66. The second-order valence-electron chi connectivity index (χ2n) is 6.49. The lowest BCUT2D eigenvalue weighted by atomic mass is 9.93. The van der Waals surface area contributed by atoms with Gasteiger partial charge in [0, 0.05) is 12.5 Å². The Kier molecular flexibility index (Phi) is 5.89. The zero-order chi connectivity index (χ0) is 18.6. The predicted octanol–water partition coefficient (Wildman–Crippen LogP) is 2.78. The van der Waals surface area contributed by atoms with Crippen molar-refractivity contribution in [2.45, 2.75) is 52.0 Å². The SMILES string of the molecule is CCC(CC)(CN)NC(=O)c1nc(C(C)C)n(-c2cccc(F)c2)n1. The lowest BCUT2D eigenvalue weighted by Crippen LogP contribution is -2.53. The van der Waals surface area contributed by atoms with Crippen molar-refractivity contribution in [1.29, 1.82) is 0 Å². The van der Waals surface area contributed by atoms with Crippen LogP contribution in [0.4, 0.5) is 4.39 Å². The largest absolute Gasteiger partial charge is 0.343 e. The van der Waals surface area contributed by atoms with E-state index in [9.17, 15) is 9.18 Å². The molecule has 1 aromatic heterocycles. The van der Waals surface area contributed by atoms with E-state index in [1.807, 2.05) is 27.7 Å². The minimum absolute atomic E-state index is 0.0222. The van der Waals surface area contributed by atoms with Gasteiger partial charge >= 0.3 is 0 Å². The maximum atomic E-state index is 13.6. The molecule has 2 aromatic rings. The van der Waals surface area contributed by atoms with Gasteiger partial charge in [-0.3, -0.25) is 4.79 Å². The summed E-state index contributed by atoms with van der Waals surface area (Å²) in [5.41, 5.74) is 5.90. The van der Waals surface area contributed by atoms with Crippen LogP contribution in [-0.4, -0.2) is 32.8 Å². The smallest absolute Gasteiger partial charge is 0.291 e. The van der Waals surface area contributed by atoms with Crippen LogP contribution in [0.5, 0.6) is 0 Å². The lowest BCUT2D eigenvalue weighted by Gasteiger charge is -2.30. The van der Waals surface area contributed by atoms with E-state index in [2.05, 4.69) is 15.4 Å². The third-order valence-electron chi connectivity index (χ3n) is 4.53. The number of halogens is 1. The van der Waals surface area contributed by atoms with Gasteiger partial charge in [0.15, 0.2) is 0 Å². The quantitative estimate of drug-likeness (QED) is 0.806. The summed E-state index contributed by atoms with van der Waals surface area (Å²) in [6.07, 6.45) is 1.43. The number of hydrogen-bond acceptors (Lipinski definition) is 4. The second kappa shape index (κ2) is 7.74. The molecule has 0 unspecified atom stereocenters. The van der Waals surface area contributed by atoms with Gasteiger partial charge in [0.25, 0.3) is 5.91 Å². The molecule has 25 heavy (non-hydrogen) atoms. The lowest BCUT2D eigenvalue weighted by molar-refractivity contribution is 0.0884. The first-order valence-electron chi connectivity index (χ1n) is 8.61. The Bertz CT molecular complexity index is 729. The van der Waals surface area contributed by atoms with E-state index in [-0.39, 0.29) is 23.5 Å². The van der Waals surface area contributed by atoms with Crippen LogP contribution in [0.25, 0.3) is 5.69 Å². The minimum atomic E-state index is -0.473. The molecular weight excluding hydrogens is 321 g/mol. The van der Waals surface area contributed by atoms with Crippen LogP contribution in [0, 0.1) is 5.82 Å². The highest BCUT2D eigenvalue weighted by Gasteiger charge is 2.29. The molecule has 3 N–H and O–H groups in total. The summed E-state index contributed by atoms with van der Waals surface area (Å²) in [5.74, 6) is -0.0530. The summed E-state index contributed by atoms with van der Waals surface area (Å²) >= 11 is 0. The first kappa shape index (κ1) is 19.1. The molecule has 0 saturated carbocycles. The standard InChI is InChI=1S/C18H26FN5O/c1-5-18(6-2,11-20)22-17(25)15-21-16(12(3)4)24(23-15)14-9-7-8-13(19)10-14/h7-10,12H,5-6,11,20H2,1-4H3,(H,22,25). The average molecular weight is 347 g/mol. The molecule has 1 amide bonds. The number of hydrogen-bond donors (Lipinski definition) is 2. The fourth-order valence-electron chi connectivity index (χ4n) is 2.66. The van der Waals surface area contributed by atoms with Crippen LogP contribution in [0.1, 0.15) is 62.9 Å². The first-order valence-corrected chi connectivity index (χ1v) is 8.61. The monoisotopic (exact) mass is 347 g/mol. The summed E-state index contributed by atoms with van der Waals surface area (Å²) in [7, 11) is 0. The van der Waals surface area contributed by atoms with E-state index >= 15 is 0 Å². The molecule has 0 bridgehead atoms. The zero-order valence-electron chi connectivity index (χ0n) is 15.2. The third kappa shape index (κ3) is 4.04. The van der Waals surface area contributed by atoms with Gasteiger partial charge in [0.2, 0.25) is 5.82 Å². The van der Waals surface area contributed by atoms with Crippen LogP contribution < -0.4 is 11.1 Å². The van der Waals surface area contributed by atoms with Gasteiger partial charge in [-0.1, -0.05) is 33.8 Å². The Morgan fingerprint density at radius 1 is 1.36 bits per heavy atom. The Balaban J connectivity index is 2.40. The Morgan fingerprint density at radius 2 is 2.04 bits per heavy atom. The number of benzene rings is 1. The summed E-state index contributed by atoms with van der Waals surface area (Å²) < 4.78 is 15.1. The van der Waals surface area contributed by atoms with E-state index < -0.39 is 5.54 Å². The van der Waals surface area contributed by atoms with Crippen LogP contribution in [0.2, 0.25) is 0 Å². The van der Waals surface area contributed by atoms with Crippen molar-refractivity contribution in [3.8, 4) is 5.69 Å². The molecule has 1 aromatic carbocycles. The molecular formula is C18H26FN5O. The van der Waals surface area contributed by atoms with Crippen molar-refractivity contribution in [2.24, 2.45) is 5.73 Å². The second-order valence-corrected chi connectivity index (χ2v) is 6.49. The number of amides is 1. The number of nitrogens with one attached hydrogen (secondary N) is 1. The molecule has 0 aliphatic heterocycles. The molecule has 0 aliphatic carbocycles. The fraction of sp³-hybridized carbons (Fsp3) is 0.500. The van der Waals surface area contributed by atoms with Crippen LogP contribution in [-0.2, 0) is 0 Å². The van der Waals surface area contributed by atoms with Gasteiger partial charge in [-0.2, -0.15) is 0 Å². The van der Waals surface area contributed by atoms with Crippen molar-refractivity contribution in [1.82, 2.24) is 20.1 Å². The maximum absolute atomic E-state index is 13.6.